The molecule has 1 aromatic heterocycles. The SMILES string of the molecule is Oc1cccc2oc3cc(Br)ccc3c12. The summed E-state index contributed by atoms with van der Waals surface area (Å²) in [6, 6.07) is 11.1. The van der Waals surface area contributed by atoms with E-state index >= 15 is 0 Å². The van der Waals surface area contributed by atoms with Crippen molar-refractivity contribution >= 4 is 37.9 Å². The Hall–Kier alpha value is -1.48. The fraction of sp³-hybridized carbons (Fsp3) is 0. The van der Waals surface area contributed by atoms with Crippen molar-refractivity contribution in [3.63, 3.8) is 0 Å². The molecule has 2 nitrogen and oxygen atoms in total. The van der Waals surface area contributed by atoms with Crippen LogP contribution in [0.1, 0.15) is 0 Å². The van der Waals surface area contributed by atoms with E-state index in [0.29, 0.717) is 5.58 Å². The summed E-state index contributed by atoms with van der Waals surface area (Å²) in [6.45, 7) is 0. The van der Waals surface area contributed by atoms with Gasteiger partial charge in [0.05, 0.1) is 5.39 Å². The Labute approximate surface area is 94.3 Å². The van der Waals surface area contributed by atoms with E-state index in [0.717, 1.165) is 20.8 Å². The molecule has 0 saturated carbocycles. The zero-order valence-corrected chi connectivity index (χ0v) is 9.28. The van der Waals surface area contributed by atoms with Crippen LogP contribution in [0.3, 0.4) is 0 Å². The van der Waals surface area contributed by atoms with Crippen LogP contribution in [0.2, 0.25) is 0 Å². The summed E-state index contributed by atoms with van der Waals surface area (Å²) in [7, 11) is 0. The van der Waals surface area contributed by atoms with Crippen molar-refractivity contribution in [2.45, 2.75) is 0 Å². The van der Waals surface area contributed by atoms with Gasteiger partial charge in [-0.15, -0.1) is 0 Å². The number of aromatic hydroxyl groups is 1. The Balaban J connectivity index is 2.59. The van der Waals surface area contributed by atoms with Gasteiger partial charge in [-0.3, -0.25) is 0 Å². The highest BCUT2D eigenvalue weighted by atomic mass is 79.9. The number of phenols is 1. The number of phenolic OH excluding ortho intramolecular Hbond substituents is 1. The third kappa shape index (κ3) is 1.23. The first-order chi connectivity index (χ1) is 7.25. The second-order valence-electron chi connectivity index (χ2n) is 3.39. The van der Waals surface area contributed by atoms with Crippen LogP contribution in [0.15, 0.2) is 45.3 Å². The summed E-state index contributed by atoms with van der Waals surface area (Å²) < 4.78 is 6.59. The first-order valence-electron chi connectivity index (χ1n) is 4.55. The number of furan rings is 1. The molecular weight excluding hydrogens is 256 g/mol. The molecule has 15 heavy (non-hydrogen) atoms. The third-order valence-corrected chi connectivity index (χ3v) is 2.93. The first kappa shape index (κ1) is 8.80. The van der Waals surface area contributed by atoms with E-state index in [2.05, 4.69) is 15.9 Å². The first-order valence-corrected chi connectivity index (χ1v) is 5.35. The van der Waals surface area contributed by atoms with Gasteiger partial charge >= 0.3 is 0 Å². The number of halogens is 1. The molecule has 0 aliphatic rings. The number of hydrogen-bond acceptors (Lipinski definition) is 2. The fourth-order valence-corrected chi connectivity index (χ4v) is 2.12. The minimum absolute atomic E-state index is 0.258. The zero-order valence-electron chi connectivity index (χ0n) is 7.70. The molecule has 0 aliphatic carbocycles. The van der Waals surface area contributed by atoms with Crippen LogP contribution in [-0.2, 0) is 0 Å². The third-order valence-electron chi connectivity index (χ3n) is 2.44. The number of fused-ring (bicyclic) bond motifs is 3. The van der Waals surface area contributed by atoms with E-state index < -0.39 is 0 Å². The molecule has 0 aliphatic heterocycles. The highest BCUT2D eigenvalue weighted by molar-refractivity contribution is 9.10. The van der Waals surface area contributed by atoms with Crippen molar-refractivity contribution in [2.75, 3.05) is 0 Å². The molecule has 0 radical (unpaired) electrons. The molecule has 3 heteroatoms. The Bertz CT molecular complexity index is 655. The predicted octanol–water partition coefficient (Wildman–Crippen LogP) is 4.05. The molecule has 74 valence electrons. The summed E-state index contributed by atoms with van der Waals surface area (Å²) in [5, 5.41) is 11.5. The lowest BCUT2D eigenvalue weighted by Gasteiger charge is -1.93. The van der Waals surface area contributed by atoms with Gasteiger partial charge in [0.1, 0.15) is 16.9 Å². The monoisotopic (exact) mass is 262 g/mol. The largest absolute Gasteiger partial charge is 0.507 e. The number of hydrogen-bond donors (Lipinski definition) is 1. The molecule has 0 unspecified atom stereocenters. The molecule has 3 rings (SSSR count). The van der Waals surface area contributed by atoms with Gasteiger partial charge in [0.15, 0.2) is 0 Å². The second kappa shape index (κ2) is 3.00. The van der Waals surface area contributed by atoms with E-state index in [9.17, 15) is 5.11 Å². The summed E-state index contributed by atoms with van der Waals surface area (Å²) >= 11 is 3.39. The van der Waals surface area contributed by atoms with Crippen LogP contribution in [0.4, 0.5) is 0 Å². The molecule has 0 fully saturated rings. The minimum atomic E-state index is 0.258. The summed E-state index contributed by atoms with van der Waals surface area (Å²) in [5.41, 5.74) is 1.49. The molecule has 0 saturated heterocycles. The van der Waals surface area contributed by atoms with Crippen LogP contribution in [0.5, 0.6) is 5.75 Å². The Morgan fingerprint density at radius 3 is 2.80 bits per heavy atom. The maximum Gasteiger partial charge on any atom is 0.139 e. The van der Waals surface area contributed by atoms with Gasteiger partial charge in [-0.05, 0) is 30.3 Å². The molecule has 2 aromatic carbocycles. The van der Waals surface area contributed by atoms with Crippen molar-refractivity contribution in [3.05, 3.63) is 40.9 Å². The van der Waals surface area contributed by atoms with Gasteiger partial charge in [-0.2, -0.15) is 0 Å². The molecule has 0 bridgehead atoms. The van der Waals surface area contributed by atoms with Crippen LogP contribution in [0.25, 0.3) is 21.9 Å². The van der Waals surface area contributed by atoms with E-state index in [1.807, 2.05) is 24.3 Å². The van der Waals surface area contributed by atoms with Crippen molar-refractivity contribution in [1.29, 1.82) is 0 Å². The van der Waals surface area contributed by atoms with Gasteiger partial charge in [0, 0.05) is 9.86 Å². The molecule has 3 aromatic rings. The lowest BCUT2D eigenvalue weighted by atomic mass is 10.1. The molecule has 1 heterocycles. The Kier molecular flexibility index (Phi) is 1.76. The number of rotatable bonds is 0. The van der Waals surface area contributed by atoms with E-state index in [4.69, 9.17) is 4.42 Å². The quantitative estimate of drug-likeness (QED) is 0.663. The second-order valence-corrected chi connectivity index (χ2v) is 4.31. The van der Waals surface area contributed by atoms with Crippen LogP contribution in [0, 0.1) is 0 Å². The summed E-state index contributed by atoms with van der Waals surface area (Å²) in [6.07, 6.45) is 0. The van der Waals surface area contributed by atoms with Crippen LogP contribution >= 0.6 is 15.9 Å². The summed E-state index contributed by atoms with van der Waals surface area (Å²) in [5.74, 6) is 0.258. The van der Waals surface area contributed by atoms with Gasteiger partial charge in [0.2, 0.25) is 0 Å². The molecule has 0 amide bonds. The zero-order chi connectivity index (χ0) is 10.4. The fourth-order valence-electron chi connectivity index (χ4n) is 1.78. The topological polar surface area (TPSA) is 33.4 Å². The maximum atomic E-state index is 9.76. The number of benzene rings is 2. The van der Waals surface area contributed by atoms with Crippen molar-refractivity contribution in [2.24, 2.45) is 0 Å². The van der Waals surface area contributed by atoms with Crippen LogP contribution < -0.4 is 0 Å². The normalized spacial score (nSPS) is 11.3. The van der Waals surface area contributed by atoms with Crippen molar-refractivity contribution in [3.8, 4) is 5.75 Å². The minimum Gasteiger partial charge on any atom is -0.507 e. The lowest BCUT2D eigenvalue weighted by Crippen LogP contribution is -1.68. The average Bonchev–Trinajstić information content (AvgIpc) is 2.56. The molecule has 0 spiro atoms. The average molecular weight is 263 g/mol. The van der Waals surface area contributed by atoms with Gasteiger partial charge in [-0.1, -0.05) is 22.0 Å². The highest BCUT2D eigenvalue weighted by Gasteiger charge is 2.09. The standard InChI is InChI=1S/C12H7BrO2/c13-7-4-5-8-11(6-7)15-10-3-1-2-9(14)12(8)10/h1-6,14H. The summed E-state index contributed by atoms with van der Waals surface area (Å²) in [4.78, 5) is 0. The van der Waals surface area contributed by atoms with E-state index in [1.165, 1.54) is 0 Å². The van der Waals surface area contributed by atoms with Crippen LogP contribution in [-0.4, -0.2) is 5.11 Å². The maximum absolute atomic E-state index is 9.76. The van der Waals surface area contributed by atoms with Gasteiger partial charge in [0.25, 0.3) is 0 Å². The Morgan fingerprint density at radius 2 is 1.93 bits per heavy atom. The van der Waals surface area contributed by atoms with Crippen molar-refractivity contribution in [1.82, 2.24) is 0 Å². The van der Waals surface area contributed by atoms with Crippen molar-refractivity contribution < 1.29 is 9.52 Å². The predicted molar refractivity (Wildman–Crippen MR) is 63.1 cm³/mol. The van der Waals surface area contributed by atoms with Gasteiger partial charge < -0.3 is 9.52 Å². The molecule has 0 atom stereocenters. The Morgan fingerprint density at radius 1 is 1.07 bits per heavy atom. The smallest absolute Gasteiger partial charge is 0.139 e. The lowest BCUT2D eigenvalue weighted by molar-refractivity contribution is 0.481. The van der Waals surface area contributed by atoms with E-state index in [-0.39, 0.29) is 5.75 Å². The van der Waals surface area contributed by atoms with E-state index in [1.54, 1.807) is 12.1 Å². The van der Waals surface area contributed by atoms with Gasteiger partial charge in [-0.25, -0.2) is 0 Å². The molecular formula is C12H7BrO2. The molecule has 1 N–H and O–H groups in total. The highest BCUT2D eigenvalue weighted by Crippen LogP contribution is 2.35.